The fourth-order valence-electron chi connectivity index (χ4n) is 2.60. The molecule has 2 unspecified atom stereocenters. The molecule has 0 spiro atoms. The molecule has 2 atom stereocenters. The van der Waals surface area contributed by atoms with E-state index in [1.165, 1.54) is 70.6 Å². The zero-order valence-corrected chi connectivity index (χ0v) is 12.9. The molecule has 0 nitrogen and oxygen atoms in total. The lowest BCUT2D eigenvalue weighted by atomic mass is 9.91. The second kappa shape index (κ2) is 12.5. The molecule has 0 rings (SSSR count). The van der Waals surface area contributed by atoms with Gasteiger partial charge in [-0.1, -0.05) is 91.9 Å². The lowest BCUT2D eigenvalue weighted by Gasteiger charge is -2.15. The molecule has 0 aromatic rings. The van der Waals surface area contributed by atoms with Crippen LogP contribution in [0, 0.1) is 11.8 Å². The minimum Gasteiger partial charge on any atom is -0.0654 e. The Morgan fingerprint density at radius 3 is 1.71 bits per heavy atom. The predicted molar refractivity (Wildman–Crippen MR) is 80.5 cm³/mol. The van der Waals surface area contributed by atoms with E-state index in [9.17, 15) is 0 Å². The molecule has 0 amide bonds. The first-order valence-electron chi connectivity index (χ1n) is 8.20. The molecule has 104 valence electrons. The van der Waals surface area contributed by atoms with Crippen LogP contribution in [0.3, 0.4) is 0 Å². The molecule has 0 aliphatic rings. The monoisotopic (exact) mass is 240 g/mol. The van der Waals surface area contributed by atoms with Crippen molar-refractivity contribution >= 4 is 0 Å². The summed E-state index contributed by atoms with van der Waals surface area (Å²) in [6.45, 7) is 9.43. The van der Waals surface area contributed by atoms with Crippen LogP contribution in [0.2, 0.25) is 0 Å². The Morgan fingerprint density at radius 2 is 1.18 bits per heavy atom. The lowest BCUT2D eigenvalue weighted by molar-refractivity contribution is 0.374. The molecule has 0 heteroatoms. The minimum absolute atomic E-state index is 0.930. The molecule has 0 N–H and O–H groups in total. The van der Waals surface area contributed by atoms with Crippen molar-refractivity contribution in [2.24, 2.45) is 11.8 Å². The second-order valence-corrected chi connectivity index (χ2v) is 6.12. The summed E-state index contributed by atoms with van der Waals surface area (Å²) in [5.74, 6) is 1.88. The Labute approximate surface area is 111 Å². The third kappa shape index (κ3) is 12.2. The first-order chi connectivity index (χ1) is 8.20. The highest BCUT2D eigenvalue weighted by Crippen LogP contribution is 2.20. The van der Waals surface area contributed by atoms with Crippen molar-refractivity contribution < 1.29 is 0 Å². The summed E-state index contributed by atoms with van der Waals surface area (Å²) in [5.41, 5.74) is 0. The highest BCUT2D eigenvalue weighted by molar-refractivity contribution is 4.59. The fourth-order valence-corrected chi connectivity index (χ4v) is 2.60. The van der Waals surface area contributed by atoms with Gasteiger partial charge in [0.05, 0.1) is 0 Å². The van der Waals surface area contributed by atoms with Gasteiger partial charge in [0, 0.05) is 0 Å². The van der Waals surface area contributed by atoms with Crippen LogP contribution in [0.1, 0.15) is 98.3 Å². The highest BCUT2D eigenvalue weighted by Gasteiger charge is 2.06. The molecular formula is C17H36. The van der Waals surface area contributed by atoms with E-state index in [4.69, 9.17) is 0 Å². The maximum absolute atomic E-state index is 2.44. The zero-order valence-electron chi connectivity index (χ0n) is 12.9. The normalized spacial score (nSPS) is 14.8. The van der Waals surface area contributed by atoms with Crippen molar-refractivity contribution in [1.29, 1.82) is 0 Å². The highest BCUT2D eigenvalue weighted by atomic mass is 14.1. The summed E-state index contributed by atoms with van der Waals surface area (Å²) in [6.07, 6.45) is 15.9. The fraction of sp³-hybridized carbons (Fsp3) is 1.00. The Kier molecular flexibility index (Phi) is 12.5. The van der Waals surface area contributed by atoms with Gasteiger partial charge in [0.2, 0.25) is 0 Å². The van der Waals surface area contributed by atoms with Crippen molar-refractivity contribution in [3.63, 3.8) is 0 Å². The number of hydrogen-bond donors (Lipinski definition) is 0. The van der Waals surface area contributed by atoms with Gasteiger partial charge >= 0.3 is 0 Å². The second-order valence-electron chi connectivity index (χ2n) is 6.12. The third-order valence-corrected chi connectivity index (χ3v) is 4.05. The summed E-state index contributed by atoms with van der Waals surface area (Å²) >= 11 is 0. The third-order valence-electron chi connectivity index (χ3n) is 4.05. The van der Waals surface area contributed by atoms with Crippen molar-refractivity contribution in [2.45, 2.75) is 98.3 Å². The quantitative estimate of drug-likeness (QED) is 0.338. The van der Waals surface area contributed by atoms with E-state index in [1.54, 1.807) is 0 Å². The average molecular weight is 240 g/mol. The summed E-state index contributed by atoms with van der Waals surface area (Å²) in [6, 6.07) is 0. The maximum atomic E-state index is 2.44. The van der Waals surface area contributed by atoms with Crippen LogP contribution in [0.4, 0.5) is 0 Å². The van der Waals surface area contributed by atoms with Crippen molar-refractivity contribution in [1.82, 2.24) is 0 Å². The Bertz CT molecular complexity index is 139. The molecule has 0 fully saturated rings. The van der Waals surface area contributed by atoms with E-state index < -0.39 is 0 Å². The molecule has 0 aliphatic carbocycles. The van der Waals surface area contributed by atoms with Gasteiger partial charge in [-0.2, -0.15) is 0 Å². The van der Waals surface area contributed by atoms with Crippen LogP contribution in [0.25, 0.3) is 0 Å². The maximum Gasteiger partial charge on any atom is -0.0440 e. The number of unbranched alkanes of at least 4 members (excludes halogenated alkanes) is 7. The van der Waals surface area contributed by atoms with E-state index in [-0.39, 0.29) is 0 Å². The van der Waals surface area contributed by atoms with Crippen LogP contribution in [-0.4, -0.2) is 0 Å². The average Bonchev–Trinajstić information content (AvgIpc) is 2.32. The summed E-state index contributed by atoms with van der Waals surface area (Å²) in [7, 11) is 0. The Morgan fingerprint density at radius 1 is 0.647 bits per heavy atom. The number of hydrogen-bond acceptors (Lipinski definition) is 0. The summed E-state index contributed by atoms with van der Waals surface area (Å²) in [4.78, 5) is 0. The van der Waals surface area contributed by atoms with E-state index in [2.05, 4.69) is 27.7 Å². The molecule has 0 saturated carbocycles. The standard InChI is InChI=1S/C17H36/c1-5-7-8-9-10-11-12-13-14-17(4)15-16(3)6-2/h16-17H,5-15H2,1-4H3. The van der Waals surface area contributed by atoms with Crippen LogP contribution in [-0.2, 0) is 0 Å². The molecule has 0 heterocycles. The van der Waals surface area contributed by atoms with Crippen LogP contribution in [0.5, 0.6) is 0 Å². The van der Waals surface area contributed by atoms with Gasteiger partial charge in [-0.05, 0) is 18.3 Å². The van der Waals surface area contributed by atoms with Gasteiger partial charge in [0.15, 0.2) is 0 Å². The molecule has 0 radical (unpaired) electrons. The Hall–Kier alpha value is 0. The lowest BCUT2D eigenvalue weighted by Crippen LogP contribution is -2.02. The van der Waals surface area contributed by atoms with E-state index >= 15 is 0 Å². The van der Waals surface area contributed by atoms with Gasteiger partial charge in [-0.15, -0.1) is 0 Å². The molecule has 0 aromatic carbocycles. The van der Waals surface area contributed by atoms with Gasteiger partial charge < -0.3 is 0 Å². The molecule has 17 heavy (non-hydrogen) atoms. The number of rotatable bonds is 12. The van der Waals surface area contributed by atoms with Gasteiger partial charge in [0.1, 0.15) is 0 Å². The van der Waals surface area contributed by atoms with E-state index in [1.807, 2.05) is 0 Å². The van der Waals surface area contributed by atoms with Crippen LogP contribution in [0.15, 0.2) is 0 Å². The molecular weight excluding hydrogens is 204 g/mol. The molecule has 0 aromatic heterocycles. The van der Waals surface area contributed by atoms with E-state index in [0.717, 1.165) is 11.8 Å². The van der Waals surface area contributed by atoms with Crippen molar-refractivity contribution in [3.05, 3.63) is 0 Å². The largest absolute Gasteiger partial charge is 0.0654 e. The molecule has 0 saturated heterocycles. The smallest absolute Gasteiger partial charge is 0.0440 e. The van der Waals surface area contributed by atoms with Crippen LogP contribution >= 0.6 is 0 Å². The molecule has 0 aliphatic heterocycles. The first-order valence-corrected chi connectivity index (χ1v) is 8.20. The van der Waals surface area contributed by atoms with Gasteiger partial charge in [0.25, 0.3) is 0 Å². The SMILES string of the molecule is CCCCCCCCCCC(C)CC(C)CC. The van der Waals surface area contributed by atoms with Gasteiger partial charge in [-0.3, -0.25) is 0 Å². The zero-order chi connectivity index (χ0) is 12.9. The summed E-state index contributed by atoms with van der Waals surface area (Å²) < 4.78 is 0. The predicted octanol–water partition coefficient (Wildman–Crippen LogP) is 6.59. The van der Waals surface area contributed by atoms with Crippen molar-refractivity contribution in [2.75, 3.05) is 0 Å². The Balaban J connectivity index is 3.16. The van der Waals surface area contributed by atoms with Gasteiger partial charge in [-0.25, -0.2) is 0 Å². The minimum atomic E-state index is 0.930. The van der Waals surface area contributed by atoms with E-state index in [0.29, 0.717) is 0 Å². The first kappa shape index (κ1) is 17.0. The van der Waals surface area contributed by atoms with Crippen LogP contribution < -0.4 is 0 Å². The van der Waals surface area contributed by atoms with Crippen molar-refractivity contribution in [3.8, 4) is 0 Å². The molecule has 0 bridgehead atoms. The topological polar surface area (TPSA) is 0 Å². The summed E-state index contributed by atoms with van der Waals surface area (Å²) in [5, 5.41) is 0.